The second-order valence-corrected chi connectivity index (χ2v) is 8.71. The van der Waals surface area contributed by atoms with Crippen molar-refractivity contribution in [3.8, 4) is 11.4 Å². The Bertz CT molecular complexity index is 1370. The minimum absolute atomic E-state index is 0.0576. The van der Waals surface area contributed by atoms with Gasteiger partial charge in [0.2, 0.25) is 0 Å². The molecule has 1 atom stereocenters. The molecule has 3 heterocycles. The van der Waals surface area contributed by atoms with Crippen LogP contribution in [0.3, 0.4) is 0 Å². The number of benzene rings is 2. The van der Waals surface area contributed by atoms with Gasteiger partial charge in [-0.25, -0.2) is 19.0 Å². The number of fused-ring (bicyclic) bond motifs is 1. The Balaban J connectivity index is 1.42. The highest BCUT2D eigenvalue weighted by Gasteiger charge is 2.27. The summed E-state index contributed by atoms with van der Waals surface area (Å²) in [5, 5.41) is 4.72. The second kappa shape index (κ2) is 9.84. The van der Waals surface area contributed by atoms with E-state index in [0.29, 0.717) is 12.4 Å². The van der Waals surface area contributed by atoms with Gasteiger partial charge in [-0.15, -0.1) is 0 Å². The topological polar surface area (TPSA) is 67.0 Å². The van der Waals surface area contributed by atoms with E-state index in [1.165, 1.54) is 6.07 Å². The smallest absolute Gasteiger partial charge is 0.174 e. The van der Waals surface area contributed by atoms with Gasteiger partial charge in [0.15, 0.2) is 5.82 Å². The highest BCUT2D eigenvalue weighted by molar-refractivity contribution is 5.69. The van der Waals surface area contributed by atoms with Crippen molar-refractivity contribution in [2.45, 2.75) is 38.8 Å². The molecular formula is C27H28FN5O2. The molecule has 8 heteroatoms. The standard InChI is InChI=1S/C27H28FN5O2/c1-18-15-32(17-29-18)24-10-6-19(13-25(24)35-3)7-11-26-30-27-23(5-4-12-33(27)31-26)22-9-8-21(28)14-20(22)16-34-2/h6-11,13-15,17,23H,4-5,12,16H2,1-3H3/b11-7+/t23-/m0/s1. The molecule has 0 amide bonds. The second-order valence-electron chi connectivity index (χ2n) is 8.71. The molecule has 4 aromatic rings. The van der Waals surface area contributed by atoms with E-state index in [1.807, 2.05) is 58.8 Å². The van der Waals surface area contributed by atoms with Crippen molar-refractivity contribution in [2.24, 2.45) is 0 Å². The van der Waals surface area contributed by atoms with Gasteiger partial charge in [0, 0.05) is 25.8 Å². The fraction of sp³-hybridized carbons (Fsp3) is 0.296. The summed E-state index contributed by atoms with van der Waals surface area (Å²) in [7, 11) is 3.29. The molecule has 0 N–H and O–H groups in total. The number of halogens is 1. The van der Waals surface area contributed by atoms with Crippen molar-refractivity contribution in [2.75, 3.05) is 14.2 Å². The van der Waals surface area contributed by atoms with Gasteiger partial charge in [0.05, 0.1) is 31.4 Å². The minimum atomic E-state index is -0.258. The molecule has 0 aliphatic carbocycles. The molecule has 0 spiro atoms. The average molecular weight is 474 g/mol. The van der Waals surface area contributed by atoms with Crippen LogP contribution in [0, 0.1) is 12.7 Å². The van der Waals surface area contributed by atoms with Gasteiger partial charge in [-0.3, -0.25) is 0 Å². The number of imidazole rings is 1. The highest BCUT2D eigenvalue weighted by atomic mass is 19.1. The normalized spacial score (nSPS) is 15.5. The highest BCUT2D eigenvalue weighted by Crippen LogP contribution is 2.35. The van der Waals surface area contributed by atoms with Crippen molar-refractivity contribution in [1.82, 2.24) is 24.3 Å². The number of methoxy groups -OCH3 is 2. The van der Waals surface area contributed by atoms with Crippen LogP contribution in [0.4, 0.5) is 4.39 Å². The third-order valence-electron chi connectivity index (χ3n) is 6.29. The maximum Gasteiger partial charge on any atom is 0.174 e. The van der Waals surface area contributed by atoms with Crippen LogP contribution in [-0.2, 0) is 17.9 Å². The Morgan fingerprint density at radius 3 is 2.80 bits per heavy atom. The van der Waals surface area contributed by atoms with Crippen molar-refractivity contribution in [3.05, 3.63) is 88.8 Å². The zero-order valence-corrected chi connectivity index (χ0v) is 20.1. The maximum atomic E-state index is 13.9. The lowest BCUT2D eigenvalue weighted by Crippen LogP contribution is -2.19. The fourth-order valence-electron chi connectivity index (χ4n) is 4.66. The number of hydrogen-bond donors (Lipinski definition) is 0. The fourth-order valence-corrected chi connectivity index (χ4v) is 4.66. The molecule has 0 saturated carbocycles. The molecule has 2 aromatic heterocycles. The summed E-state index contributed by atoms with van der Waals surface area (Å²) in [5.74, 6) is 2.11. The molecule has 5 rings (SSSR count). The van der Waals surface area contributed by atoms with Crippen LogP contribution in [0.2, 0.25) is 0 Å². The number of aromatic nitrogens is 5. The first-order valence-electron chi connectivity index (χ1n) is 11.6. The Labute approximate surface area is 203 Å². The molecule has 1 aliphatic heterocycles. The van der Waals surface area contributed by atoms with Crippen molar-refractivity contribution in [1.29, 1.82) is 0 Å². The van der Waals surface area contributed by atoms with Crippen molar-refractivity contribution in [3.63, 3.8) is 0 Å². The molecule has 180 valence electrons. The summed E-state index contributed by atoms with van der Waals surface area (Å²) in [6, 6.07) is 10.9. The predicted molar refractivity (Wildman–Crippen MR) is 132 cm³/mol. The summed E-state index contributed by atoms with van der Waals surface area (Å²) in [4.78, 5) is 9.14. The van der Waals surface area contributed by atoms with Gasteiger partial charge in [-0.2, -0.15) is 5.10 Å². The molecule has 0 fully saturated rings. The molecule has 0 unspecified atom stereocenters. The number of hydrogen-bond acceptors (Lipinski definition) is 5. The van der Waals surface area contributed by atoms with Gasteiger partial charge in [0.1, 0.15) is 17.4 Å². The number of nitrogens with zero attached hydrogens (tertiary/aromatic N) is 5. The Morgan fingerprint density at radius 2 is 2.03 bits per heavy atom. The molecular weight excluding hydrogens is 445 g/mol. The van der Waals surface area contributed by atoms with E-state index in [9.17, 15) is 4.39 Å². The van der Waals surface area contributed by atoms with Crippen LogP contribution in [0.15, 0.2) is 48.9 Å². The lowest BCUT2D eigenvalue weighted by atomic mass is 9.88. The largest absolute Gasteiger partial charge is 0.495 e. The van der Waals surface area contributed by atoms with E-state index < -0.39 is 0 Å². The van der Waals surface area contributed by atoms with Crippen molar-refractivity contribution < 1.29 is 13.9 Å². The summed E-state index contributed by atoms with van der Waals surface area (Å²) >= 11 is 0. The molecule has 0 bridgehead atoms. The predicted octanol–water partition coefficient (Wildman–Crippen LogP) is 5.16. The first-order chi connectivity index (χ1) is 17.1. The summed E-state index contributed by atoms with van der Waals surface area (Å²) in [6.07, 6.45) is 9.56. The van der Waals surface area contributed by atoms with Crippen LogP contribution < -0.4 is 4.74 Å². The zero-order valence-electron chi connectivity index (χ0n) is 20.1. The van der Waals surface area contributed by atoms with Gasteiger partial charge in [0.25, 0.3) is 0 Å². The zero-order chi connectivity index (χ0) is 24.4. The van der Waals surface area contributed by atoms with E-state index in [4.69, 9.17) is 19.6 Å². The van der Waals surface area contributed by atoms with Crippen LogP contribution in [0.5, 0.6) is 5.75 Å². The Morgan fingerprint density at radius 1 is 1.14 bits per heavy atom. The molecule has 2 aromatic carbocycles. The third-order valence-corrected chi connectivity index (χ3v) is 6.29. The van der Waals surface area contributed by atoms with Crippen LogP contribution in [0.1, 0.15) is 52.8 Å². The molecule has 7 nitrogen and oxygen atoms in total. The lowest BCUT2D eigenvalue weighted by Gasteiger charge is -2.24. The number of rotatable bonds is 7. The SMILES string of the molecule is COCc1cc(F)ccc1[C@@H]1CCCn2nc(/C=C/c3ccc(-n4cnc(C)c4)c(OC)c3)nc21. The average Bonchev–Trinajstić information content (AvgIpc) is 3.49. The van der Waals surface area contributed by atoms with Gasteiger partial charge in [-0.05, 0) is 66.8 Å². The van der Waals surface area contributed by atoms with Gasteiger partial charge in [-0.1, -0.05) is 18.2 Å². The third kappa shape index (κ3) is 4.74. The van der Waals surface area contributed by atoms with Gasteiger partial charge < -0.3 is 14.0 Å². The first kappa shape index (κ1) is 23.0. The van der Waals surface area contributed by atoms with E-state index >= 15 is 0 Å². The van der Waals surface area contributed by atoms with Crippen LogP contribution in [-0.4, -0.2) is 38.5 Å². The Hall–Kier alpha value is -3.78. The van der Waals surface area contributed by atoms with Crippen LogP contribution in [0.25, 0.3) is 17.8 Å². The van der Waals surface area contributed by atoms with Gasteiger partial charge >= 0.3 is 0 Å². The lowest BCUT2D eigenvalue weighted by molar-refractivity contribution is 0.183. The summed E-state index contributed by atoms with van der Waals surface area (Å²) in [6.45, 7) is 3.14. The Kier molecular flexibility index (Phi) is 6.46. The minimum Gasteiger partial charge on any atom is -0.495 e. The molecule has 35 heavy (non-hydrogen) atoms. The van der Waals surface area contributed by atoms with Crippen LogP contribution >= 0.6 is 0 Å². The summed E-state index contributed by atoms with van der Waals surface area (Å²) in [5.41, 5.74) is 4.75. The molecule has 1 aliphatic rings. The first-order valence-corrected chi connectivity index (χ1v) is 11.6. The molecule has 0 radical (unpaired) electrons. The maximum absolute atomic E-state index is 13.9. The van der Waals surface area contributed by atoms with E-state index in [0.717, 1.165) is 59.0 Å². The molecule has 0 saturated heterocycles. The summed E-state index contributed by atoms with van der Waals surface area (Å²) < 4.78 is 28.7. The number of ether oxygens (including phenoxy) is 2. The van der Waals surface area contributed by atoms with Crippen molar-refractivity contribution >= 4 is 12.2 Å². The van der Waals surface area contributed by atoms with E-state index in [-0.39, 0.29) is 11.7 Å². The number of aryl methyl sites for hydroxylation is 2. The quantitative estimate of drug-likeness (QED) is 0.371. The monoisotopic (exact) mass is 473 g/mol. The van der Waals surface area contributed by atoms with E-state index in [1.54, 1.807) is 26.6 Å². The van der Waals surface area contributed by atoms with E-state index in [2.05, 4.69) is 4.98 Å².